The first-order chi connectivity index (χ1) is 11.8. The zero-order valence-corrected chi connectivity index (χ0v) is 15.2. The molecule has 0 aliphatic heterocycles. The predicted molar refractivity (Wildman–Crippen MR) is 94.2 cm³/mol. The van der Waals surface area contributed by atoms with Crippen LogP contribution in [-0.4, -0.2) is 47.3 Å². The van der Waals surface area contributed by atoms with Gasteiger partial charge in [-0.1, -0.05) is 17.3 Å². The standard InChI is InChI=1S/C18H25N3O4/c1-5-21(17(23)24-18(2,3)4)11-10-19-16(22)12-14-13-8-6-7-9-15(13)25-20-14/h6-9H,5,10-12H2,1-4H3,(H,19,22). The first-order valence-electron chi connectivity index (χ1n) is 8.38. The van der Waals surface area contributed by atoms with Gasteiger partial charge in [0.15, 0.2) is 5.58 Å². The first kappa shape index (κ1) is 18.8. The second kappa shape index (κ2) is 8.00. The van der Waals surface area contributed by atoms with Crippen LogP contribution >= 0.6 is 0 Å². The van der Waals surface area contributed by atoms with Gasteiger partial charge in [-0.3, -0.25) is 4.79 Å². The van der Waals surface area contributed by atoms with Crippen molar-refractivity contribution in [2.75, 3.05) is 19.6 Å². The summed E-state index contributed by atoms with van der Waals surface area (Å²) in [5, 5.41) is 7.58. The minimum atomic E-state index is -0.540. The highest BCUT2D eigenvalue weighted by molar-refractivity contribution is 5.86. The Morgan fingerprint density at radius 2 is 2.00 bits per heavy atom. The van der Waals surface area contributed by atoms with Crippen molar-refractivity contribution in [1.82, 2.24) is 15.4 Å². The van der Waals surface area contributed by atoms with Crippen LogP contribution in [0.2, 0.25) is 0 Å². The monoisotopic (exact) mass is 347 g/mol. The van der Waals surface area contributed by atoms with Crippen LogP contribution < -0.4 is 5.32 Å². The van der Waals surface area contributed by atoms with Crippen LogP contribution in [0, 0.1) is 0 Å². The summed E-state index contributed by atoms with van der Waals surface area (Å²) in [5.74, 6) is -0.167. The Balaban J connectivity index is 1.82. The van der Waals surface area contributed by atoms with E-state index in [1.54, 1.807) is 4.90 Å². The summed E-state index contributed by atoms with van der Waals surface area (Å²) < 4.78 is 10.5. The molecule has 25 heavy (non-hydrogen) atoms. The average molecular weight is 347 g/mol. The Morgan fingerprint density at radius 1 is 1.28 bits per heavy atom. The molecule has 7 nitrogen and oxygen atoms in total. The second-order valence-electron chi connectivity index (χ2n) is 6.71. The van der Waals surface area contributed by atoms with E-state index >= 15 is 0 Å². The van der Waals surface area contributed by atoms with Gasteiger partial charge in [0.05, 0.1) is 6.42 Å². The molecule has 1 N–H and O–H groups in total. The normalized spacial score (nSPS) is 11.4. The highest BCUT2D eigenvalue weighted by atomic mass is 16.6. The molecule has 2 rings (SSSR count). The summed E-state index contributed by atoms with van der Waals surface area (Å²) in [6.07, 6.45) is -0.248. The lowest BCUT2D eigenvalue weighted by atomic mass is 10.1. The summed E-state index contributed by atoms with van der Waals surface area (Å²) in [6, 6.07) is 7.41. The third-order valence-electron chi connectivity index (χ3n) is 3.52. The molecule has 0 bridgehead atoms. The van der Waals surface area contributed by atoms with Crippen molar-refractivity contribution >= 4 is 23.0 Å². The van der Waals surface area contributed by atoms with Crippen molar-refractivity contribution in [3.05, 3.63) is 30.0 Å². The molecule has 0 unspecified atom stereocenters. The quantitative estimate of drug-likeness (QED) is 0.868. The zero-order valence-electron chi connectivity index (χ0n) is 15.2. The number of fused-ring (bicyclic) bond motifs is 1. The van der Waals surface area contributed by atoms with Crippen LogP contribution in [0.5, 0.6) is 0 Å². The SMILES string of the molecule is CCN(CCNC(=O)Cc1noc2ccccc12)C(=O)OC(C)(C)C. The van der Waals surface area contributed by atoms with E-state index in [9.17, 15) is 9.59 Å². The van der Waals surface area contributed by atoms with E-state index in [1.165, 1.54) is 0 Å². The first-order valence-corrected chi connectivity index (χ1v) is 8.38. The number of nitrogens with zero attached hydrogens (tertiary/aromatic N) is 2. The number of hydrogen-bond donors (Lipinski definition) is 1. The van der Waals surface area contributed by atoms with Gasteiger partial charge >= 0.3 is 6.09 Å². The molecule has 136 valence electrons. The Morgan fingerprint density at radius 3 is 2.68 bits per heavy atom. The molecule has 1 aromatic carbocycles. The average Bonchev–Trinajstić information content (AvgIpc) is 2.93. The minimum absolute atomic E-state index is 0.134. The fraction of sp³-hybridized carbons (Fsp3) is 0.500. The molecular weight excluding hydrogens is 322 g/mol. The van der Waals surface area contributed by atoms with E-state index in [2.05, 4.69) is 10.5 Å². The van der Waals surface area contributed by atoms with Gasteiger partial charge in [-0.15, -0.1) is 0 Å². The third kappa shape index (κ3) is 5.48. The van der Waals surface area contributed by atoms with Crippen LogP contribution in [0.3, 0.4) is 0 Å². The number of likely N-dealkylation sites (N-methyl/N-ethyl adjacent to an activating group) is 1. The number of hydrogen-bond acceptors (Lipinski definition) is 5. The number of carbonyl (C=O) groups excluding carboxylic acids is 2. The lowest BCUT2D eigenvalue weighted by Crippen LogP contribution is -2.41. The topological polar surface area (TPSA) is 84.7 Å². The van der Waals surface area contributed by atoms with E-state index in [-0.39, 0.29) is 18.4 Å². The summed E-state index contributed by atoms with van der Waals surface area (Å²) >= 11 is 0. The van der Waals surface area contributed by atoms with Crippen LogP contribution in [0.4, 0.5) is 4.79 Å². The van der Waals surface area contributed by atoms with Crippen molar-refractivity contribution < 1.29 is 18.8 Å². The Hall–Kier alpha value is -2.57. The number of carbonyl (C=O) groups is 2. The van der Waals surface area contributed by atoms with Crippen LogP contribution in [-0.2, 0) is 16.0 Å². The third-order valence-corrected chi connectivity index (χ3v) is 3.52. The number of ether oxygens (including phenoxy) is 1. The smallest absolute Gasteiger partial charge is 0.410 e. The predicted octanol–water partition coefficient (Wildman–Crippen LogP) is 2.74. The largest absolute Gasteiger partial charge is 0.444 e. The molecule has 0 radical (unpaired) electrons. The van der Waals surface area contributed by atoms with Gasteiger partial charge in [0.1, 0.15) is 11.3 Å². The van der Waals surface area contributed by atoms with Gasteiger partial charge < -0.3 is 19.5 Å². The van der Waals surface area contributed by atoms with Gasteiger partial charge in [-0.25, -0.2) is 4.79 Å². The molecule has 0 fully saturated rings. The van der Waals surface area contributed by atoms with E-state index < -0.39 is 5.60 Å². The molecule has 0 saturated carbocycles. The summed E-state index contributed by atoms with van der Waals surface area (Å²) in [6.45, 7) is 8.58. The number of aromatic nitrogens is 1. The lowest BCUT2D eigenvalue weighted by Gasteiger charge is -2.26. The lowest BCUT2D eigenvalue weighted by molar-refractivity contribution is -0.120. The van der Waals surface area contributed by atoms with E-state index in [1.807, 2.05) is 52.0 Å². The van der Waals surface area contributed by atoms with Crippen LogP contribution in [0.25, 0.3) is 11.0 Å². The fourth-order valence-electron chi connectivity index (χ4n) is 2.32. The van der Waals surface area contributed by atoms with Crippen LogP contribution in [0.15, 0.2) is 28.8 Å². The van der Waals surface area contributed by atoms with Gasteiger partial charge in [-0.05, 0) is 39.8 Å². The molecule has 1 heterocycles. The molecule has 2 amide bonds. The van der Waals surface area contributed by atoms with E-state index in [0.717, 1.165) is 5.39 Å². The number of rotatable bonds is 6. The maximum atomic E-state index is 12.1. The fourth-order valence-corrected chi connectivity index (χ4v) is 2.32. The maximum absolute atomic E-state index is 12.1. The maximum Gasteiger partial charge on any atom is 0.410 e. The molecule has 1 aromatic heterocycles. The molecule has 7 heteroatoms. The van der Waals surface area contributed by atoms with E-state index in [0.29, 0.717) is 30.9 Å². The van der Waals surface area contributed by atoms with Crippen molar-refractivity contribution in [3.8, 4) is 0 Å². The van der Waals surface area contributed by atoms with Gasteiger partial charge in [0, 0.05) is 25.0 Å². The Bertz CT molecular complexity index is 733. The number of nitrogens with one attached hydrogen (secondary N) is 1. The summed E-state index contributed by atoms with van der Waals surface area (Å²) in [5.41, 5.74) is 0.724. The van der Waals surface area contributed by atoms with Crippen molar-refractivity contribution in [3.63, 3.8) is 0 Å². The molecule has 0 aliphatic carbocycles. The molecule has 0 aliphatic rings. The highest BCUT2D eigenvalue weighted by Crippen LogP contribution is 2.17. The van der Waals surface area contributed by atoms with Crippen molar-refractivity contribution in [2.24, 2.45) is 0 Å². The number of para-hydroxylation sites is 1. The minimum Gasteiger partial charge on any atom is -0.444 e. The van der Waals surface area contributed by atoms with Gasteiger partial charge in [0.25, 0.3) is 0 Å². The molecule has 0 spiro atoms. The van der Waals surface area contributed by atoms with Gasteiger partial charge in [-0.2, -0.15) is 0 Å². The zero-order chi connectivity index (χ0) is 18.4. The highest BCUT2D eigenvalue weighted by Gasteiger charge is 2.21. The van der Waals surface area contributed by atoms with E-state index in [4.69, 9.17) is 9.26 Å². The molecule has 2 aromatic rings. The van der Waals surface area contributed by atoms with Crippen molar-refractivity contribution in [2.45, 2.75) is 39.7 Å². The second-order valence-corrected chi connectivity index (χ2v) is 6.71. The number of amides is 2. The number of benzene rings is 1. The van der Waals surface area contributed by atoms with Gasteiger partial charge in [0.2, 0.25) is 5.91 Å². The van der Waals surface area contributed by atoms with Crippen LogP contribution in [0.1, 0.15) is 33.4 Å². The summed E-state index contributed by atoms with van der Waals surface area (Å²) in [4.78, 5) is 25.7. The Labute approximate surface area is 147 Å². The molecule has 0 atom stereocenters. The van der Waals surface area contributed by atoms with Crippen molar-refractivity contribution in [1.29, 1.82) is 0 Å². The molecular formula is C18H25N3O4. The summed E-state index contributed by atoms with van der Waals surface area (Å²) in [7, 11) is 0. The Kier molecular flexibility index (Phi) is 6.01. The molecule has 0 saturated heterocycles.